The number of carboxylic acids is 1. The summed E-state index contributed by atoms with van der Waals surface area (Å²) in [7, 11) is -4.08. The fraction of sp³-hybridized carbons (Fsp3) is 0.462. The number of carbonyl (C=O) groups excluding carboxylic acids is 2. The van der Waals surface area contributed by atoms with Gasteiger partial charge in [-0.3, -0.25) is 4.79 Å². The van der Waals surface area contributed by atoms with Crippen LogP contribution >= 0.6 is 0 Å². The van der Waals surface area contributed by atoms with Crippen LogP contribution in [0.2, 0.25) is 0 Å². The van der Waals surface area contributed by atoms with Crippen LogP contribution in [0.4, 0.5) is 5.69 Å². The fourth-order valence-electron chi connectivity index (χ4n) is 4.04. The van der Waals surface area contributed by atoms with Gasteiger partial charge in [0.05, 0.1) is 16.9 Å². The molecule has 1 aliphatic rings. The normalized spacial score (nSPS) is 13.3. The van der Waals surface area contributed by atoms with Gasteiger partial charge in [0.25, 0.3) is 0 Å². The van der Waals surface area contributed by atoms with Crippen LogP contribution in [-0.4, -0.2) is 50.5 Å². The third-order valence-electron chi connectivity index (χ3n) is 5.96. The molecule has 1 amide bonds. The molecule has 2 aromatic rings. The zero-order valence-electron chi connectivity index (χ0n) is 22.1. The van der Waals surface area contributed by atoms with Crippen molar-refractivity contribution in [2.75, 3.05) is 25.6 Å². The van der Waals surface area contributed by atoms with E-state index in [1.807, 2.05) is 32.0 Å². The molecule has 0 bridgehead atoms. The van der Waals surface area contributed by atoms with Crippen LogP contribution in [-0.2, 0) is 26.0 Å². The smallest absolute Gasteiger partial charge is 0.548 e. The molecule has 0 spiro atoms. The largest absolute Gasteiger partial charge is 1.00 e. The molecule has 1 atom stereocenters. The van der Waals surface area contributed by atoms with Gasteiger partial charge < -0.3 is 30.4 Å². The first kappa shape index (κ1) is 31.9. The van der Waals surface area contributed by atoms with Crippen LogP contribution in [0.3, 0.4) is 0 Å². The Morgan fingerprint density at radius 1 is 1.08 bits per heavy atom. The number of hydrogen-bond acceptors (Lipinski definition) is 8. The van der Waals surface area contributed by atoms with E-state index < -0.39 is 22.0 Å². The first-order valence-electron chi connectivity index (χ1n) is 12.3. The van der Waals surface area contributed by atoms with Gasteiger partial charge in [0.1, 0.15) is 0 Å². The van der Waals surface area contributed by atoms with Crippen LogP contribution in [0.5, 0.6) is 11.5 Å². The predicted octanol–water partition coefficient (Wildman–Crippen LogP) is -1.31. The average Bonchev–Trinajstić information content (AvgIpc) is 3.31. The van der Waals surface area contributed by atoms with Gasteiger partial charge in [0, 0.05) is 25.2 Å². The maximum Gasteiger partial charge on any atom is 1.00 e. The van der Waals surface area contributed by atoms with Gasteiger partial charge in [0.15, 0.2) is 11.5 Å². The molecule has 1 aliphatic heterocycles. The predicted molar refractivity (Wildman–Crippen MR) is 136 cm³/mol. The number of anilines is 1. The van der Waals surface area contributed by atoms with Gasteiger partial charge in [-0.1, -0.05) is 19.9 Å². The summed E-state index contributed by atoms with van der Waals surface area (Å²) in [5, 5.41) is 14.8. The number of benzene rings is 2. The molecule has 12 heteroatoms. The molecule has 2 aromatic carbocycles. The molecule has 0 radical (unpaired) electrons. The number of nitrogens with zero attached hydrogens (tertiary/aromatic N) is 1. The van der Waals surface area contributed by atoms with Crippen molar-refractivity contribution in [3.63, 3.8) is 0 Å². The van der Waals surface area contributed by atoms with Crippen molar-refractivity contribution in [2.24, 2.45) is 5.92 Å². The van der Waals surface area contributed by atoms with Crippen LogP contribution in [0.25, 0.3) is 0 Å². The van der Waals surface area contributed by atoms with Gasteiger partial charge >= 0.3 is 29.6 Å². The first-order chi connectivity index (χ1) is 17.6. The first-order valence-corrected chi connectivity index (χ1v) is 13.8. The average molecular weight is 556 g/mol. The van der Waals surface area contributed by atoms with Gasteiger partial charge in [0.2, 0.25) is 22.7 Å². The van der Waals surface area contributed by atoms with E-state index in [-0.39, 0.29) is 66.0 Å². The molecule has 0 unspecified atom stereocenters. The molecule has 3 N–H and O–H groups in total. The van der Waals surface area contributed by atoms with E-state index in [2.05, 4.69) is 5.32 Å². The molecular weight excluding hydrogens is 521 g/mol. The Morgan fingerprint density at radius 2 is 1.76 bits per heavy atom. The molecule has 38 heavy (non-hydrogen) atoms. The number of carbonyl (C=O) groups is 2. The number of nitrogens with two attached hydrogens (primary N) is 1. The number of nitrogens with one attached hydrogen (secondary N) is 1. The summed E-state index contributed by atoms with van der Waals surface area (Å²) in [6, 6.07) is 9.89. The number of sulfonamides is 1. The Labute approximate surface area is 246 Å². The molecule has 0 aliphatic carbocycles. The molecular formula is C26H34N3NaO7S. The van der Waals surface area contributed by atoms with Crippen molar-refractivity contribution in [3.05, 3.63) is 48.0 Å². The Kier molecular flexibility index (Phi) is 12.4. The Bertz CT molecular complexity index is 1190. The topological polar surface area (TPSA) is 151 Å². The zero-order valence-corrected chi connectivity index (χ0v) is 25.0. The summed E-state index contributed by atoms with van der Waals surface area (Å²) < 4.78 is 38.2. The van der Waals surface area contributed by atoms with Crippen molar-refractivity contribution in [1.29, 1.82) is 0 Å². The van der Waals surface area contributed by atoms with Crippen LogP contribution in [0.15, 0.2) is 47.4 Å². The maximum absolute atomic E-state index is 13.3. The van der Waals surface area contributed by atoms with Crippen molar-refractivity contribution in [1.82, 2.24) is 9.62 Å². The minimum Gasteiger partial charge on any atom is -0.548 e. The molecule has 1 heterocycles. The second-order valence-corrected chi connectivity index (χ2v) is 11.3. The molecule has 0 saturated carbocycles. The number of aliphatic carboxylic acids is 1. The standard InChI is InChI=1S/C26H35N3O7S.Na/c1-18(2)16-29(37(33,34)21-10-8-20(27)9-11-21)22(26(31)32)5-3-4-14-28-25(30)13-7-19-6-12-23-24(15-19)36-17-35-23;/h6,8-12,15,18,22H,3-5,7,13-14,16-17,27H2,1-2H3,(H,28,30)(H,31,32);/q;+1/p-1/t22-;/m0./s1. The number of nitrogen functional groups attached to an aromatic ring is 1. The Hall–Kier alpha value is -2.31. The number of ether oxygens (including phenoxy) is 2. The SMILES string of the molecule is CC(C)CN([C@@H](CCCCNC(=O)CCc1ccc2c(c1)OCO2)C(=O)[O-])S(=O)(=O)c1ccc(N)cc1.[Na+]. The number of hydrogen-bond donors (Lipinski definition) is 2. The van der Waals surface area contributed by atoms with E-state index in [1.54, 1.807) is 0 Å². The summed E-state index contributed by atoms with van der Waals surface area (Å²) in [4.78, 5) is 24.2. The minimum atomic E-state index is -4.08. The summed E-state index contributed by atoms with van der Waals surface area (Å²) in [5.41, 5.74) is 7.03. The van der Waals surface area contributed by atoms with Gasteiger partial charge in [-0.2, -0.15) is 4.31 Å². The maximum atomic E-state index is 13.3. The number of carboxylic acid groups (broad SMARTS) is 1. The second kappa shape index (κ2) is 14.7. The Balaban J connectivity index is 0.00000507. The molecule has 3 rings (SSSR count). The third kappa shape index (κ3) is 8.88. The monoisotopic (exact) mass is 555 g/mol. The van der Waals surface area contributed by atoms with E-state index in [1.165, 1.54) is 24.3 Å². The van der Waals surface area contributed by atoms with E-state index in [0.717, 1.165) is 9.87 Å². The molecule has 10 nitrogen and oxygen atoms in total. The minimum absolute atomic E-state index is 0. The van der Waals surface area contributed by atoms with Crippen molar-refractivity contribution < 1.29 is 62.1 Å². The van der Waals surface area contributed by atoms with E-state index in [4.69, 9.17) is 15.2 Å². The van der Waals surface area contributed by atoms with Crippen molar-refractivity contribution >= 4 is 27.6 Å². The summed E-state index contributed by atoms with van der Waals surface area (Å²) in [6.07, 6.45) is 1.80. The second-order valence-electron chi connectivity index (χ2n) is 9.41. The fourth-order valence-corrected chi connectivity index (χ4v) is 5.81. The molecule has 202 valence electrons. The van der Waals surface area contributed by atoms with E-state index >= 15 is 0 Å². The number of unbranched alkanes of at least 4 members (excludes halogenated alkanes) is 1. The van der Waals surface area contributed by atoms with Gasteiger partial charge in [-0.15, -0.1) is 0 Å². The zero-order chi connectivity index (χ0) is 27.0. The molecule has 0 saturated heterocycles. The summed E-state index contributed by atoms with van der Waals surface area (Å²) in [6.45, 7) is 4.21. The van der Waals surface area contributed by atoms with Gasteiger partial charge in [-0.05, 0) is 73.6 Å². The third-order valence-corrected chi connectivity index (χ3v) is 7.84. The van der Waals surface area contributed by atoms with E-state index in [0.29, 0.717) is 49.4 Å². The number of aryl methyl sites for hydroxylation is 1. The summed E-state index contributed by atoms with van der Waals surface area (Å²) >= 11 is 0. The number of fused-ring (bicyclic) bond motifs is 1. The van der Waals surface area contributed by atoms with Gasteiger partial charge in [-0.25, -0.2) is 8.42 Å². The van der Waals surface area contributed by atoms with Crippen molar-refractivity contribution in [3.8, 4) is 11.5 Å². The van der Waals surface area contributed by atoms with Crippen LogP contribution < -0.4 is 55.2 Å². The number of rotatable bonds is 14. The summed E-state index contributed by atoms with van der Waals surface area (Å²) in [5.74, 6) is -0.315. The van der Waals surface area contributed by atoms with Crippen LogP contribution in [0, 0.1) is 5.92 Å². The number of amides is 1. The molecule has 0 fully saturated rings. The van der Waals surface area contributed by atoms with Crippen molar-refractivity contribution in [2.45, 2.75) is 56.9 Å². The molecule has 0 aromatic heterocycles. The Morgan fingerprint density at radius 3 is 2.42 bits per heavy atom. The quantitative estimate of drug-likeness (QED) is 0.166. The van der Waals surface area contributed by atoms with Crippen LogP contribution in [0.1, 0.15) is 45.1 Å². The van der Waals surface area contributed by atoms with E-state index in [9.17, 15) is 23.1 Å².